The summed E-state index contributed by atoms with van der Waals surface area (Å²) in [6.45, 7) is 3.67. The molecule has 0 spiro atoms. The lowest BCUT2D eigenvalue weighted by Gasteiger charge is -2.32. The molecule has 3 rings (SSSR count). The Labute approximate surface area is 125 Å². The van der Waals surface area contributed by atoms with Gasteiger partial charge in [-0.2, -0.15) is 0 Å². The highest BCUT2D eigenvalue weighted by atomic mass is 79.9. The fourth-order valence-electron chi connectivity index (χ4n) is 3.05. The lowest BCUT2D eigenvalue weighted by molar-refractivity contribution is 0.191. The van der Waals surface area contributed by atoms with Gasteiger partial charge in [-0.3, -0.25) is 4.57 Å². The molecule has 0 aliphatic carbocycles. The molecule has 6 heteroatoms. The van der Waals surface area contributed by atoms with E-state index in [1.54, 1.807) is 0 Å². The van der Waals surface area contributed by atoms with Gasteiger partial charge >= 0.3 is 5.69 Å². The number of benzene rings is 1. The molecule has 0 atom stereocenters. The maximum Gasteiger partial charge on any atom is 0.326 e. The first-order valence-electron chi connectivity index (χ1n) is 7.01. The van der Waals surface area contributed by atoms with Crippen molar-refractivity contribution in [1.82, 2.24) is 14.5 Å². The number of H-pyrrole nitrogens is 1. The zero-order valence-electron chi connectivity index (χ0n) is 11.3. The average Bonchev–Trinajstić information content (AvgIpc) is 2.75. The SMILES string of the molecule is NCCN1CCC(n2c(=O)[nH]c3cc(Br)ccc32)CC1. The first-order valence-corrected chi connectivity index (χ1v) is 7.80. The fraction of sp³-hybridized carbons (Fsp3) is 0.500. The van der Waals surface area contributed by atoms with E-state index in [0.29, 0.717) is 6.54 Å². The minimum Gasteiger partial charge on any atom is -0.329 e. The number of halogens is 1. The molecular formula is C14H19BrN4O. The number of piperidine rings is 1. The van der Waals surface area contributed by atoms with Crippen LogP contribution >= 0.6 is 15.9 Å². The van der Waals surface area contributed by atoms with Crippen LogP contribution in [-0.4, -0.2) is 40.6 Å². The van der Waals surface area contributed by atoms with Gasteiger partial charge in [0.15, 0.2) is 0 Å². The largest absolute Gasteiger partial charge is 0.329 e. The van der Waals surface area contributed by atoms with E-state index in [4.69, 9.17) is 5.73 Å². The van der Waals surface area contributed by atoms with Crippen molar-refractivity contribution in [3.8, 4) is 0 Å². The number of aromatic nitrogens is 2. The highest BCUT2D eigenvalue weighted by Gasteiger charge is 2.23. The maximum atomic E-state index is 12.2. The van der Waals surface area contributed by atoms with E-state index in [-0.39, 0.29) is 11.7 Å². The molecule has 108 valence electrons. The normalized spacial score (nSPS) is 17.9. The third-order valence-electron chi connectivity index (χ3n) is 4.05. The van der Waals surface area contributed by atoms with Crippen LogP contribution in [0.5, 0.6) is 0 Å². The number of likely N-dealkylation sites (tertiary alicyclic amines) is 1. The molecule has 0 amide bonds. The molecule has 2 aromatic rings. The predicted molar refractivity (Wildman–Crippen MR) is 84.0 cm³/mol. The third-order valence-corrected chi connectivity index (χ3v) is 4.54. The van der Waals surface area contributed by atoms with Crippen molar-refractivity contribution in [2.75, 3.05) is 26.2 Å². The van der Waals surface area contributed by atoms with E-state index < -0.39 is 0 Å². The molecule has 0 radical (unpaired) electrons. The molecule has 1 aromatic carbocycles. The summed E-state index contributed by atoms with van der Waals surface area (Å²) >= 11 is 3.44. The Morgan fingerprint density at radius 3 is 2.80 bits per heavy atom. The molecule has 2 heterocycles. The van der Waals surface area contributed by atoms with Crippen LogP contribution in [0.2, 0.25) is 0 Å². The van der Waals surface area contributed by atoms with Crippen LogP contribution in [0.25, 0.3) is 11.0 Å². The number of nitrogens with one attached hydrogen (secondary N) is 1. The zero-order chi connectivity index (χ0) is 14.1. The standard InChI is InChI=1S/C14H19BrN4O/c15-10-1-2-13-12(9-10)17-14(20)19(13)11-3-6-18(7-4-11)8-5-16/h1-2,9,11H,3-8,16H2,(H,17,20). The molecule has 1 aliphatic rings. The van der Waals surface area contributed by atoms with Gasteiger partial charge in [-0.15, -0.1) is 0 Å². The van der Waals surface area contributed by atoms with Crippen molar-refractivity contribution >= 4 is 27.0 Å². The van der Waals surface area contributed by atoms with Gasteiger partial charge in [0.2, 0.25) is 0 Å². The number of imidazole rings is 1. The summed E-state index contributed by atoms with van der Waals surface area (Å²) in [6, 6.07) is 6.22. The fourth-order valence-corrected chi connectivity index (χ4v) is 3.41. The van der Waals surface area contributed by atoms with Gasteiger partial charge in [0.05, 0.1) is 11.0 Å². The number of nitrogens with zero attached hydrogens (tertiary/aromatic N) is 2. The smallest absolute Gasteiger partial charge is 0.326 e. The molecule has 20 heavy (non-hydrogen) atoms. The number of rotatable bonds is 3. The first-order chi connectivity index (χ1) is 9.69. The van der Waals surface area contributed by atoms with E-state index in [9.17, 15) is 4.79 Å². The molecule has 0 bridgehead atoms. The van der Waals surface area contributed by atoms with Gasteiger partial charge in [-0.25, -0.2) is 4.79 Å². The number of nitrogens with two attached hydrogens (primary N) is 1. The van der Waals surface area contributed by atoms with Crippen LogP contribution in [-0.2, 0) is 0 Å². The zero-order valence-corrected chi connectivity index (χ0v) is 12.9. The second-order valence-electron chi connectivity index (χ2n) is 5.32. The van der Waals surface area contributed by atoms with Gasteiger partial charge in [-0.05, 0) is 31.0 Å². The maximum absolute atomic E-state index is 12.2. The number of hydrogen-bond acceptors (Lipinski definition) is 3. The van der Waals surface area contributed by atoms with Crippen molar-refractivity contribution in [2.45, 2.75) is 18.9 Å². The van der Waals surface area contributed by atoms with Crippen LogP contribution in [0.1, 0.15) is 18.9 Å². The van der Waals surface area contributed by atoms with Crippen molar-refractivity contribution < 1.29 is 0 Å². The van der Waals surface area contributed by atoms with Crippen LogP contribution in [0.15, 0.2) is 27.5 Å². The Hall–Kier alpha value is -1.11. The van der Waals surface area contributed by atoms with E-state index in [1.165, 1.54) is 0 Å². The Balaban J connectivity index is 1.88. The molecule has 0 unspecified atom stereocenters. The lowest BCUT2D eigenvalue weighted by Crippen LogP contribution is -2.39. The highest BCUT2D eigenvalue weighted by molar-refractivity contribution is 9.10. The van der Waals surface area contributed by atoms with E-state index >= 15 is 0 Å². The van der Waals surface area contributed by atoms with Gasteiger partial charge in [0.1, 0.15) is 0 Å². The van der Waals surface area contributed by atoms with Gasteiger partial charge in [0.25, 0.3) is 0 Å². The molecule has 0 saturated carbocycles. The first kappa shape index (κ1) is 13.9. The van der Waals surface area contributed by atoms with E-state index in [2.05, 4.69) is 25.8 Å². The van der Waals surface area contributed by atoms with Crippen molar-refractivity contribution in [3.63, 3.8) is 0 Å². The lowest BCUT2D eigenvalue weighted by atomic mass is 10.0. The summed E-state index contributed by atoms with van der Waals surface area (Å²) in [5.41, 5.74) is 7.48. The topological polar surface area (TPSA) is 67.0 Å². The summed E-state index contributed by atoms with van der Waals surface area (Å²) < 4.78 is 2.90. The Morgan fingerprint density at radius 1 is 1.35 bits per heavy atom. The molecule has 5 nitrogen and oxygen atoms in total. The van der Waals surface area contributed by atoms with E-state index in [1.807, 2.05) is 22.8 Å². The van der Waals surface area contributed by atoms with Crippen LogP contribution in [0.4, 0.5) is 0 Å². The van der Waals surface area contributed by atoms with Crippen LogP contribution in [0, 0.1) is 0 Å². The molecular weight excluding hydrogens is 320 g/mol. The number of hydrogen-bond donors (Lipinski definition) is 2. The summed E-state index contributed by atoms with van der Waals surface area (Å²) in [5, 5.41) is 0. The average molecular weight is 339 g/mol. The molecule has 1 fully saturated rings. The van der Waals surface area contributed by atoms with Gasteiger partial charge in [-0.1, -0.05) is 15.9 Å². The van der Waals surface area contributed by atoms with E-state index in [0.717, 1.165) is 48.0 Å². The second-order valence-corrected chi connectivity index (χ2v) is 6.24. The number of fused-ring (bicyclic) bond motifs is 1. The monoisotopic (exact) mass is 338 g/mol. The van der Waals surface area contributed by atoms with Gasteiger partial charge in [0, 0.05) is 36.7 Å². The quantitative estimate of drug-likeness (QED) is 0.894. The van der Waals surface area contributed by atoms with Crippen molar-refractivity contribution in [3.05, 3.63) is 33.2 Å². The summed E-state index contributed by atoms with van der Waals surface area (Å²) in [6.07, 6.45) is 2.01. The summed E-state index contributed by atoms with van der Waals surface area (Å²) in [5.74, 6) is 0. The molecule has 1 aliphatic heterocycles. The highest BCUT2D eigenvalue weighted by Crippen LogP contribution is 2.25. The molecule has 3 N–H and O–H groups in total. The summed E-state index contributed by atoms with van der Waals surface area (Å²) in [4.78, 5) is 17.5. The Bertz CT molecular complexity index is 655. The van der Waals surface area contributed by atoms with Crippen LogP contribution < -0.4 is 11.4 Å². The minimum absolute atomic E-state index is 0.00428. The van der Waals surface area contributed by atoms with Crippen LogP contribution in [0.3, 0.4) is 0 Å². The number of aromatic amines is 1. The minimum atomic E-state index is -0.00428. The third kappa shape index (κ3) is 2.55. The predicted octanol–water partition coefficient (Wildman–Crippen LogP) is 1.69. The Morgan fingerprint density at radius 2 is 2.10 bits per heavy atom. The Kier molecular flexibility index (Phi) is 3.96. The molecule has 1 saturated heterocycles. The van der Waals surface area contributed by atoms with Gasteiger partial charge < -0.3 is 15.6 Å². The molecule has 1 aromatic heterocycles. The van der Waals surface area contributed by atoms with Crippen molar-refractivity contribution in [2.24, 2.45) is 5.73 Å². The summed E-state index contributed by atoms with van der Waals surface area (Å²) in [7, 11) is 0. The second kappa shape index (κ2) is 5.71. The van der Waals surface area contributed by atoms with Crippen molar-refractivity contribution in [1.29, 1.82) is 0 Å².